The van der Waals surface area contributed by atoms with Gasteiger partial charge in [0.25, 0.3) is 5.56 Å². The molecule has 1 N–H and O–H groups in total. The fraction of sp³-hybridized carbons (Fsp3) is 0.188. The van der Waals surface area contributed by atoms with Gasteiger partial charge in [0, 0.05) is 9.35 Å². The predicted octanol–water partition coefficient (Wildman–Crippen LogP) is 3.48. The van der Waals surface area contributed by atoms with Crippen molar-refractivity contribution < 1.29 is 4.79 Å². The molecule has 0 saturated carbocycles. The molecule has 0 unspecified atom stereocenters. The van der Waals surface area contributed by atoms with Crippen molar-refractivity contribution in [2.45, 2.75) is 20.4 Å². The molecule has 1 aromatic carbocycles. The van der Waals surface area contributed by atoms with Crippen LogP contribution in [0.15, 0.2) is 39.9 Å². The molecule has 0 radical (unpaired) electrons. The van der Waals surface area contributed by atoms with Crippen LogP contribution in [0.4, 0.5) is 5.69 Å². The van der Waals surface area contributed by atoms with Crippen molar-refractivity contribution in [2.24, 2.45) is 0 Å². The van der Waals surface area contributed by atoms with Crippen molar-refractivity contribution in [2.75, 3.05) is 5.32 Å². The van der Waals surface area contributed by atoms with Crippen molar-refractivity contribution >= 4 is 49.1 Å². The lowest BCUT2D eigenvalue weighted by molar-refractivity contribution is -0.116. The maximum atomic E-state index is 12.6. The fourth-order valence-electron chi connectivity index (χ4n) is 2.29. The number of rotatable bonds is 3. The lowest BCUT2D eigenvalue weighted by Gasteiger charge is -2.08. The van der Waals surface area contributed by atoms with Gasteiger partial charge in [-0.05, 0) is 47.5 Å². The summed E-state index contributed by atoms with van der Waals surface area (Å²) in [5.74, 6) is -0.273. The zero-order chi connectivity index (χ0) is 16.6. The van der Waals surface area contributed by atoms with Gasteiger partial charge in [0.1, 0.15) is 11.4 Å². The fourth-order valence-corrected chi connectivity index (χ4v) is 3.66. The van der Waals surface area contributed by atoms with Gasteiger partial charge in [-0.1, -0.05) is 12.1 Å². The highest BCUT2D eigenvalue weighted by Crippen LogP contribution is 2.25. The largest absolute Gasteiger partial charge is 0.324 e. The minimum absolute atomic E-state index is 0.0720. The Balaban J connectivity index is 1.88. The third-order valence-electron chi connectivity index (χ3n) is 3.62. The van der Waals surface area contributed by atoms with Crippen LogP contribution in [0.3, 0.4) is 0 Å². The number of hydrogen-bond acceptors (Lipinski definition) is 4. The van der Waals surface area contributed by atoms with Crippen LogP contribution in [0, 0.1) is 13.8 Å². The van der Waals surface area contributed by atoms with Gasteiger partial charge in [-0.3, -0.25) is 14.2 Å². The van der Waals surface area contributed by atoms with Gasteiger partial charge in [-0.15, -0.1) is 11.3 Å². The molecule has 0 aliphatic heterocycles. The highest BCUT2D eigenvalue weighted by Gasteiger charge is 2.14. The van der Waals surface area contributed by atoms with E-state index in [9.17, 15) is 9.59 Å². The van der Waals surface area contributed by atoms with Crippen LogP contribution in [-0.4, -0.2) is 15.5 Å². The average molecular weight is 392 g/mol. The smallest absolute Gasteiger partial charge is 0.262 e. The van der Waals surface area contributed by atoms with Gasteiger partial charge in [-0.2, -0.15) is 0 Å². The number of carbonyl (C=O) groups excluding carboxylic acids is 1. The molecule has 3 rings (SSSR count). The Morgan fingerprint density at radius 3 is 2.83 bits per heavy atom. The number of aromatic nitrogens is 2. The first kappa shape index (κ1) is 15.9. The Morgan fingerprint density at radius 1 is 1.35 bits per heavy atom. The zero-order valence-corrected chi connectivity index (χ0v) is 15.0. The second-order valence-corrected chi connectivity index (χ2v) is 7.23. The number of aryl methyl sites for hydroxylation is 2. The molecule has 118 valence electrons. The van der Waals surface area contributed by atoms with Crippen molar-refractivity contribution in [3.63, 3.8) is 0 Å². The second kappa shape index (κ2) is 6.25. The minimum Gasteiger partial charge on any atom is -0.324 e. The summed E-state index contributed by atoms with van der Waals surface area (Å²) in [5, 5.41) is 3.38. The third-order valence-corrected chi connectivity index (χ3v) is 5.42. The molecule has 2 aromatic heterocycles. The van der Waals surface area contributed by atoms with Crippen molar-refractivity contribution in [1.29, 1.82) is 0 Å². The Morgan fingerprint density at radius 2 is 2.09 bits per heavy atom. The summed E-state index contributed by atoms with van der Waals surface area (Å²) in [6, 6.07) is 7.33. The van der Waals surface area contributed by atoms with Crippen LogP contribution in [-0.2, 0) is 11.3 Å². The van der Waals surface area contributed by atoms with Crippen LogP contribution in [0.5, 0.6) is 0 Å². The lowest BCUT2D eigenvalue weighted by atomic mass is 10.2. The van der Waals surface area contributed by atoms with Crippen molar-refractivity contribution in [3.05, 3.63) is 55.9 Å². The van der Waals surface area contributed by atoms with Crippen LogP contribution >= 0.6 is 27.3 Å². The third kappa shape index (κ3) is 3.07. The molecule has 0 aliphatic carbocycles. The molecule has 0 atom stereocenters. The van der Waals surface area contributed by atoms with Crippen molar-refractivity contribution in [1.82, 2.24) is 9.55 Å². The summed E-state index contributed by atoms with van der Waals surface area (Å²) >= 11 is 4.87. The van der Waals surface area contributed by atoms with E-state index in [1.165, 1.54) is 22.2 Å². The standard InChI is InChI=1S/C16H14BrN3O2S/c1-9-10(2)23-15-14(9)16(22)20(8-18-15)7-13(21)19-12-6-4-3-5-11(12)17/h3-6,8H,7H2,1-2H3,(H,19,21). The van der Waals surface area contributed by atoms with E-state index in [1.807, 2.05) is 32.0 Å². The predicted molar refractivity (Wildman–Crippen MR) is 96.1 cm³/mol. The number of carbonyl (C=O) groups is 1. The molecule has 0 spiro atoms. The lowest BCUT2D eigenvalue weighted by Crippen LogP contribution is -2.28. The number of fused-ring (bicyclic) bond motifs is 1. The molecule has 7 heteroatoms. The summed E-state index contributed by atoms with van der Waals surface area (Å²) in [7, 11) is 0. The van der Waals surface area contributed by atoms with Crippen LogP contribution in [0.2, 0.25) is 0 Å². The maximum absolute atomic E-state index is 12.6. The highest BCUT2D eigenvalue weighted by molar-refractivity contribution is 9.10. The number of nitrogens with zero attached hydrogens (tertiary/aromatic N) is 2. The average Bonchev–Trinajstić information content (AvgIpc) is 2.80. The van der Waals surface area contributed by atoms with Crippen molar-refractivity contribution in [3.8, 4) is 0 Å². The monoisotopic (exact) mass is 391 g/mol. The normalized spacial score (nSPS) is 10.9. The van der Waals surface area contributed by atoms with Gasteiger partial charge < -0.3 is 5.32 Å². The van der Waals surface area contributed by atoms with Gasteiger partial charge in [-0.25, -0.2) is 4.98 Å². The Hall–Kier alpha value is -1.99. The zero-order valence-electron chi connectivity index (χ0n) is 12.6. The van der Waals surface area contributed by atoms with Gasteiger partial charge in [0.15, 0.2) is 0 Å². The highest BCUT2D eigenvalue weighted by atomic mass is 79.9. The number of hydrogen-bond donors (Lipinski definition) is 1. The van der Waals surface area contributed by atoms with Gasteiger partial charge in [0.2, 0.25) is 5.91 Å². The summed E-state index contributed by atoms with van der Waals surface area (Å²) in [6.45, 7) is 3.80. The number of amides is 1. The molecule has 2 heterocycles. The first-order valence-electron chi connectivity index (χ1n) is 6.97. The SMILES string of the molecule is Cc1sc2ncn(CC(=O)Nc3ccccc3Br)c(=O)c2c1C. The number of benzene rings is 1. The first-order chi connectivity index (χ1) is 11.0. The number of nitrogens with one attached hydrogen (secondary N) is 1. The molecule has 0 bridgehead atoms. The topological polar surface area (TPSA) is 64.0 Å². The Labute approximate surface area is 145 Å². The van der Waals surface area contributed by atoms with E-state index in [0.717, 1.165) is 14.9 Å². The molecule has 0 aliphatic rings. The van der Waals surface area contributed by atoms with Crippen LogP contribution < -0.4 is 10.9 Å². The number of thiophene rings is 1. The summed E-state index contributed by atoms with van der Waals surface area (Å²) < 4.78 is 2.13. The summed E-state index contributed by atoms with van der Waals surface area (Å²) in [6.07, 6.45) is 1.43. The van der Waals surface area contributed by atoms with E-state index in [1.54, 1.807) is 6.07 Å². The van der Waals surface area contributed by atoms with Crippen LogP contribution in [0.25, 0.3) is 10.2 Å². The van der Waals surface area contributed by atoms with E-state index >= 15 is 0 Å². The first-order valence-corrected chi connectivity index (χ1v) is 8.58. The molecule has 1 amide bonds. The van der Waals surface area contributed by atoms with E-state index in [4.69, 9.17) is 0 Å². The van der Waals surface area contributed by atoms with E-state index < -0.39 is 0 Å². The Kier molecular flexibility index (Phi) is 4.32. The number of halogens is 1. The van der Waals surface area contributed by atoms with E-state index in [0.29, 0.717) is 15.9 Å². The van der Waals surface area contributed by atoms with E-state index in [2.05, 4.69) is 26.2 Å². The number of anilines is 1. The van der Waals surface area contributed by atoms with Gasteiger partial charge >= 0.3 is 0 Å². The molecular weight excluding hydrogens is 378 g/mol. The quantitative estimate of drug-likeness (QED) is 0.743. The maximum Gasteiger partial charge on any atom is 0.262 e. The molecule has 0 fully saturated rings. The molecule has 3 aromatic rings. The number of para-hydroxylation sites is 1. The molecule has 0 saturated heterocycles. The van der Waals surface area contributed by atoms with Gasteiger partial charge in [0.05, 0.1) is 17.4 Å². The molecular formula is C16H14BrN3O2S. The minimum atomic E-state index is -0.273. The second-order valence-electron chi connectivity index (χ2n) is 5.17. The summed E-state index contributed by atoms with van der Waals surface area (Å²) in [4.78, 5) is 30.8. The molecule has 5 nitrogen and oxygen atoms in total. The summed E-state index contributed by atoms with van der Waals surface area (Å²) in [5.41, 5.74) is 1.42. The van der Waals surface area contributed by atoms with E-state index in [-0.39, 0.29) is 18.0 Å². The Bertz CT molecular complexity index is 962. The molecule has 23 heavy (non-hydrogen) atoms. The van der Waals surface area contributed by atoms with Crippen LogP contribution in [0.1, 0.15) is 10.4 Å².